The fraction of sp³-hybridized carbons (Fsp3) is 0.111. The molecule has 0 aliphatic heterocycles. The summed E-state index contributed by atoms with van der Waals surface area (Å²) in [6.07, 6.45) is 0. The van der Waals surface area contributed by atoms with Crippen molar-refractivity contribution >= 4 is 10.8 Å². The quantitative estimate of drug-likeness (QED) is 0.735. The van der Waals surface area contributed by atoms with Crippen LogP contribution in [0.15, 0.2) is 66.7 Å². The molecule has 0 heterocycles. The molecule has 1 unspecified atom stereocenters. The van der Waals surface area contributed by atoms with Crippen LogP contribution in [0.4, 0.5) is 4.39 Å². The molecule has 0 aliphatic rings. The van der Waals surface area contributed by atoms with Crippen LogP contribution in [0.1, 0.15) is 18.1 Å². The first-order valence-corrected chi connectivity index (χ1v) is 6.55. The summed E-state index contributed by atoms with van der Waals surface area (Å²) in [6.45, 7) is 1.73. The third-order valence-electron chi connectivity index (χ3n) is 3.72. The van der Waals surface area contributed by atoms with E-state index in [1.807, 2.05) is 42.5 Å². The van der Waals surface area contributed by atoms with Crippen LogP contribution in [0.5, 0.6) is 0 Å². The van der Waals surface area contributed by atoms with Crippen LogP contribution in [0, 0.1) is 5.82 Å². The molecule has 1 atom stereocenters. The zero-order valence-electron chi connectivity index (χ0n) is 11.2. The van der Waals surface area contributed by atoms with Crippen molar-refractivity contribution in [2.45, 2.75) is 12.5 Å². The Bertz CT molecular complexity index is 745. The lowest BCUT2D eigenvalue weighted by molar-refractivity contribution is 0.102. The van der Waals surface area contributed by atoms with Crippen LogP contribution in [-0.4, -0.2) is 5.11 Å². The van der Waals surface area contributed by atoms with Crippen LogP contribution in [0.2, 0.25) is 0 Å². The van der Waals surface area contributed by atoms with E-state index in [0.29, 0.717) is 5.56 Å². The van der Waals surface area contributed by atoms with Crippen LogP contribution in [-0.2, 0) is 5.60 Å². The number of aliphatic hydroxyl groups is 1. The Labute approximate surface area is 117 Å². The first-order valence-electron chi connectivity index (χ1n) is 6.55. The second kappa shape index (κ2) is 4.73. The van der Waals surface area contributed by atoms with Gasteiger partial charge in [-0.3, -0.25) is 0 Å². The molecule has 0 aliphatic carbocycles. The Morgan fingerprint density at radius 3 is 2.10 bits per heavy atom. The number of benzene rings is 3. The zero-order chi connectivity index (χ0) is 14.2. The van der Waals surface area contributed by atoms with Gasteiger partial charge < -0.3 is 5.11 Å². The Morgan fingerprint density at radius 1 is 0.800 bits per heavy atom. The largest absolute Gasteiger partial charge is 0.381 e. The van der Waals surface area contributed by atoms with Gasteiger partial charge in [0.2, 0.25) is 0 Å². The van der Waals surface area contributed by atoms with Crippen LogP contribution in [0.25, 0.3) is 10.8 Å². The van der Waals surface area contributed by atoms with Gasteiger partial charge in [-0.15, -0.1) is 0 Å². The van der Waals surface area contributed by atoms with Gasteiger partial charge in [0.1, 0.15) is 11.4 Å². The Balaban J connectivity index is 2.10. The van der Waals surface area contributed by atoms with E-state index in [0.717, 1.165) is 16.3 Å². The zero-order valence-corrected chi connectivity index (χ0v) is 11.2. The van der Waals surface area contributed by atoms with Crippen molar-refractivity contribution in [2.75, 3.05) is 0 Å². The molecule has 0 amide bonds. The van der Waals surface area contributed by atoms with Gasteiger partial charge >= 0.3 is 0 Å². The molecule has 1 nitrogen and oxygen atoms in total. The van der Waals surface area contributed by atoms with E-state index in [1.54, 1.807) is 19.1 Å². The lowest BCUT2D eigenvalue weighted by Crippen LogP contribution is -2.22. The van der Waals surface area contributed by atoms with Crippen LogP contribution in [0.3, 0.4) is 0 Å². The SMILES string of the molecule is CC(O)(c1ccc(F)cc1)c1ccc2ccccc2c1. The van der Waals surface area contributed by atoms with E-state index >= 15 is 0 Å². The number of hydrogen-bond donors (Lipinski definition) is 1. The highest BCUT2D eigenvalue weighted by atomic mass is 19.1. The molecule has 0 saturated carbocycles. The first-order chi connectivity index (χ1) is 9.57. The first kappa shape index (κ1) is 12.8. The summed E-state index contributed by atoms with van der Waals surface area (Å²) in [5.41, 5.74) is 0.328. The van der Waals surface area contributed by atoms with Crippen molar-refractivity contribution in [3.8, 4) is 0 Å². The Morgan fingerprint density at radius 2 is 1.40 bits per heavy atom. The number of halogens is 1. The maximum absolute atomic E-state index is 13.0. The topological polar surface area (TPSA) is 20.2 Å². The second-order valence-electron chi connectivity index (χ2n) is 5.14. The molecule has 0 bridgehead atoms. The molecule has 3 aromatic carbocycles. The highest BCUT2D eigenvalue weighted by Gasteiger charge is 2.25. The van der Waals surface area contributed by atoms with Gasteiger partial charge in [-0.25, -0.2) is 4.39 Å². The lowest BCUT2D eigenvalue weighted by atomic mass is 9.87. The van der Waals surface area contributed by atoms with Gasteiger partial charge in [0.25, 0.3) is 0 Å². The summed E-state index contributed by atoms with van der Waals surface area (Å²) in [6, 6.07) is 19.8. The molecule has 1 N–H and O–H groups in total. The van der Waals surface area contributed by atoms with E-state index in [2.05, 4.69) is 0 Å². The summed E-state index contributed by atoms with van der Waals surface area (Å²) in [5.74, 6) is -0.303. The number of rotatable bonds is 2. The van der Waals surface area contributed by atoms with Gasteiger partial charge in [-0.05, 0) is 47.0 Å². The monoisotopic (exact) mass is 266 g/mol. The molecule has 0 aromatic heterocycles. The van der Waals surface area contributed by atoms with E-state index in [4.69, 9.17) is 0 Å². The molecule has 3 aromatic rings. The van der Waals surface area contributed by atoms with Gasteiger partial charge in [0.15, 0.2) is 0 Å². The summed E-state index contributed by atoms with van der Waals surface area (Å²) < 4.78 is 13.0. The van der Waals surface area contributed by atoms with E-state index in [9.17, 15) is 9.50 Å². The fourth-order valence-electron chi connectivity index (χ4n) is 2.43. The predicted molar refractivity (Wildman–Crippen MR) is 79.0 cm³/mol. The van der Waals surface area contributed by atoms with Crippen molar-refractivity contribution in [1.29, 1.82) is 0 Å². The molecule has 3 rings (SSSR count). The van der Waals surface area contributed by atoms with Crippen molar-refractivity contribution in [1.82, 2.24) is 0 Å². The van der Waals surface area contributed by atoms with Gasteiger partial charge in [0, 0.05) is 0 Å². The predicted octanol–water partition coefficient (Wildman–Crippen LogP) is 4.23. The number of fused-ring (bicyclic) bond motifs is 1. The minimum atomic E-state index is -1.14. The highest BCUT2D eigenvalue weighted by Crippen LogP contribution is 2.31. The van der Waals surface area contributed by atoms with Crippen molar-refractivity contribution < 1.29 is 9.50 Å². The standard InChI is InChI=1S/C18H15FO/c1-18(20,15-8-10-17(19)11-9-15)16-7-6-13-4-2-3-5-14(13)12-16/h2-12,20H,1H3. The molecular weight excluding hydrogens is 251 g/mol. The molecule has 0 saturated heterocycles. The summed E-state index contributed by atoms with van der Waals surface area (Å²) in [7, 11) is 0. The lowest BCUT2D eigenvalue weighted by Gasteiger charge is -2.25. The molecular formula is C18H15FO. The van der Waals surface area contributed by atoms with Crippen molar-refractivity contribution in [3.63, 3.8) is 0 Å². The molecule has 100 valence electrons. The molecule has 0 spiro atoms. The van der Waals surface area contributed by atoms with E-state index < -0.39 is 5.60 Å². The summed E-state index contributed by atoms with van der Waals surface area (Å²) >= 11 is 0. The second-order valence-corrected chi connectivity index (χ2v) is 5.14. The van der Waals surface area contributed by atoms with Gasteiger partial charge in [0.05, 0.1) is 0 Å². The van der Waals surface area contributed by atoms with Gasteiger partial charge in [-0.2, -0.15) is 0 Å². The molecule has 2 heteroatoms. The molecule has 20 heavy (non-hydrogen) atoms. The van der Waals surface area contributed by atoms with Gasteiger partial charge in [-0.1, -0.05) is 48.5 Å². The van der Waals surface area contributed by atoms with E-state index in [-0.39, 0.29) is 5.82 Å². The van der Waals surface area contributed by atoms with Crippen LogP contribution < -0.4 is 0 Å². The average Bonchev–Trinajstić information content (AvgIpc) is 2.47. The maximum Gasteiger partial charge on any atom is 0.123 e. The Kier molecular flexibility index (Phi) is 3.03. The van der Waals surface area contributed by atoms with Crippen molar-refractivity contribution in [3.05, 3.63) is 83.7 Å². The third kappa shape index (κ3) is 2.19. The van der Waals surface area contributed by atoms with Crippen molar-refractivity contribution in [2.24, 2.45) is 0 Å². The fourth-order valence-corrected chi connectivity index (χ4v) is 2.43. The molecule has 0 fully saturated rings. The van der Waals surface area contributed by atoms with Crippen LogP contribution >= 0.6 is 0 Å². The maximum atomic E-state index is 13.0. The smallest absolute Gasteiger partial charge is 0.123 e. The summed E-state index contributed by atoms with van der Waals surface area (Å²) in [4.78, 5) is 0. The minimum Gasteiger partial charge on any atom is -0.381 e. The normalized spacial score (nSPS) is 14.2. The minimum absolute atomic E-state index is 0.303. The van der Waals surface area contributed by atoms with E-state index in [1.165, 1.54) is 12.1 Å². The Hall–Kier alpha value is -2.19. The molecule has 0 radical (unpaired) electrons. The average molecular weight is 266 g/mol. The third-order valence-corrected chi connectivity index (χ3v) is 3.72. The number of hydrogen-bond acceptors (Lipinski definition) is 1. The summed E-state index contributed by atoms with van der Waals surface area (Å²) in [5, 5.41) is 13.0. The highest BCUT2D eigenvalue weighted by molar-refractivity contribution is 5.83.